The van der Waals surface area contributed by atoms with E-state index in [0.29, 0.717) is 48.2 Å². The number of rotatable bonds is 25. The molecule has 0 saturated heterocycles. The molecule has 74 heavy (non-hydrogen) atoms. The Morgan fingerprint density at radius 2 is 1.59 bits per heavy atom. The first kappa shape index (κ1) is 59.5. The van der Waals surface area contributed by atoms with Crippen molar-refractivity contribution in [1.29, 1.82) is 0 Å². The van der Waals surface area contributed by atoms with Crippen LogP contribution >= 0.6 is 0 Å². The van der Waals surface area contributed by atoms with Gasteiger partial charge in [0.1, 0.15) is 18.1 Å². The fourth-order valence-corrected chi connectivity index (χ4v) is 6.70. The van der Waals surface area contributed by atoms with E-state index < -0.39 is 35.7 Å². The van der Waals surface area contributed by atoms with Crippen molar-refractivity contribution in [3.8, 4) is 5.75 Å². The third-order valence-electron chi connectivity index (χ3n) is 10.3. The molecule has 3 heterocycles. The number of ether oxygens (including phenoxy) is 1. The van der Waals surface area contributed by atoms with Crippen LogP contribution in [0.2, 0.25) is 0 Å². The molecule has 0 radical (unpaired) electrons. The fraction of sp³-hybridized carbons (Fsp3) is 0.383. The predicted octanol–water partition coefficient (Wildman–Crippen LogP) is -0.134. The van der Waals surface area contributed by atoms with Crippen LogP contribution in [0.3, 0.4) is 0 Å². The summed E-state index contributed by atoms with van der Waals surface area (Å²) in [6, 6.07) is 6.96. The van der Waals surface area contributed by atoms with E-state index in [1.165, 1.54) is 63.1 Å². The Labute approximate surface area is 426 Å². The molecule has 27 heteroatoms. The number of nitrogens with one attached hydrogen (secondary N) is 7. The molecule has 2 atom stereocenters. The molecule has 5 rings (SSSR count). The number of carbonyl (C=O) groups excluding carboxylic acids is 8. The maximum absolute atomic E-state index is 13.3. The van der Waals surface area contributed by atoms with Gasteiger partial charge in [0, 0.05) is 55.6 Å². The highest BCUT2D eigenvalue weighted by Gasteiger charge is 2.23. The van der Waals surface area contributed by atoms with Gasteiger partial charge in [-0.3, -0.25) is 38.5 Å². The van der Waals surface area contributed by atoms with Crippen molar-refractivity contribution in [2.24, 2.45) is 16.7 Å². The summed E-state index contributed by atoms with van der Waals surface area (Å²) in [5.41, 5.74) is 21.9. The monoisotopic (exact) mass is 1030 g/mol. The number of amides is 7. The fourth-order valence-electron chi connectivity index (χ4n) is 6.70. The lowest BCUT2D eigenvalue weighted by Gasteiger charge is -2.17. The van der Waals surface area contributed by atoms with Crippen LogP contribution in [0.25, 0.3) is 11.2 Å². The predicted molar refractivity (Wildman–Crippen MR) is 275 cm³/mol. The van der Waals surface area contributed by atoms with Gasteiger partial charge in [0.05, 0.1) is 49.4 Å². The molecule has 27 nitrogen and oxygen atoms in total. The van der Waals surface area contributed by atoms with Crippen molar-refractivity contribution in [1.82, 2.24) is 51.6 Å². The van der Waals surface area contributed by atoms with Gasteiger partial charge in [-0.25, -0.2) is 21.3 Å². The Morgan fingerprint density at radius 3 is 2.27 bits per heavy atom. The molecule has 16 N–H and O–H groups in total. The summed E-state index contributed by atoms with van der Waals surface area (Å²) in [7, 11) is 2.44. The van der Waals surface area contributed by atoms with Gasteiger partial charge in [-0.15, -0.1) is 5.10 Å². The van der Waals surface area contributed by atoms with Crippen LogP contribution < -0.4 is 65.2 Å². The van der Waals surface area contributed by atoms with Crippen LogP contribution in [-0.2, 0) is 35.3 Å². The molecular weight excluding hydrogens is 963 g/mol. The lowest BCUT2D eigenvalue weighted by atomic mass is 10.0. The number of imide groups is 1. The molecule has 0 saturated carbocycles. The maximum Gasteiger partial charge on any atom is 0.253 e. The molecule has 1 aliphatic heterocycles. The number of aliphatic hydroxyl groups is 1. The van der Waals surface area contributed by atoms with Crippen molar-refractivity contribution in [3.63, 3.8) is 0 Å². The number of aliphatic hydroxyl groups excluding tert-OH is 1. The molecule has 0 aliphatic carbocycles. The van der Waals surface area contributed by atoms with Crippen LogP contribution in [0.1, 0.15) is 97.7 Å². The van der Waals surface area contributed by atoms with Crippen molar-refractivity contribution >= 4 is 87.8 Å². The molecule has 4 aromatic rings. The first-order valence-electron chi connectivity index (χ1n) is 23.3. The van der Waals surface area contributed by atoms with Crippen LogP contribution in [-0.4, -0.2) is 129 Å². The zero-order valence-electron chi connectivity index (χ0n) is 41.8. The average Bonchev–Trinajstić information content (AvgIpc) is 3.71. The second kappa shape index (κ2) is 30.8. The van der Waals surface area contributed by atoms with Crippen molar-refractivity contribution in [2.45, 2.75) is 84.3 Å². The highest BCUT2D eigenvalue weighted by molar-refractivity contribution is 6.13. The molecule has 2 aromatic heterocycles. The minimum absolute atomic E-state index is 0.0184. The third kappa shape index (κ3) is 18.4. The molecule has 398 valence electrons. The van der Waals surface area contributed by atoms with Crippen LogP contribution in [0.15, 0.2) is 59.8 Å². The maximum atomic E-state index is 13.3. The standard InChI is InChI=1S/C43H53N17O9.C3H8.CH4O/c1-23(52-33(63)21-50-32(62)8-4-3-5-16-60-34(64)13-14-35(60)65)40(66)54-25-10-11-28(29(18-25)37(44)58-59-47)42(68)48-15-6-7-26(22-61)55-41(67)24-9-12-30(31(17-24)69-2)49-19-27-20-51-39-36(53-27)38(45)56-43(46)57-39;1-3-2;1-2/h9-14,17-18,20,22-23,26,49,59H,3-8,15-16,19,21,47H2,1-2H3,(H2,44,58)(H,48,68)(H,50,62)(H,52,63)(H,54,66)(H,55,67)(H4,45,46,51,56,57);3H2,1-2H3;2H,1H3. The topological polar surface area (TPSA) is 421 Å². The Balaban J connectivity index is 0.00000278. The summed E-state index contributed by atoms with van der Waals surface area (Å²) < 4.78 is 5.50. The number of aldehydes is 1. The number of anilines is 4. The molecule has 7 amide bonds. The van der Waals surface area contributed by atoms with E-state index in [4.69, 9.17) is 32.9 Å². The Kier molecular flexibility index (Phi) is 24.7. The first-order valence-corrected chi connectivity index (χ1v) is 23.3. The number of hydrazine groups is 1. The number of aromatic nitrogens is 4. The molecule has 2 unspecified atom stereocenters. The van der Waals surface area contributed by atoms with E-state index in [-0.39, 0.29) is 109 Å². The Bertz CT molecular complexity index is 2660. The summed E-state index contributed by atoms with van der Waals surface area (Å²) in [4.78, 5) is 117. The zero-order chi connectivity index (χ0) is 54.7. The van der Waals surface area contributed by atoms with Gasteiger partial charge < -0.3 is 63.7 Å². The number of amidine groups is 1. The lowest BCUT2D eigenvalue weighted by molar-refractivity contribution is -0.137. The number of hydrogen-bond donors (Lipinski definition) is 12. The highest BCUT2D eigenvalue weighted by atomic mass is 16.5. The summed E-state index contributed by atoms with van der Waals surface area (Å²) in [5.74, 6) is 2.09. The van der Waals surface area contributed by atoms with Crippen molar-refractivity contribution in [2.75, 3.05) is 56.0 Å². The van der Waals surface area contributed by atoms with Gasteiger partial charge >= 0.3 is 0 Å². The lowest BCUT2D eigenvalue weighted by Crippen LogP contribution is -2.45. The number of methoxy groups -OCH3 is 1. The average molecular weight is 1030 g/mol. The van der Waals surface area contributed by atoms with Gasteiger partial charge in [0.2, 0.25) is 23.7 Å². The molecule has 0 bridgehead atoms. The van der Waals surface area contributed by atoms with E-state index in [9.17, 15) is 38.4 Å². The number of hydrogen-bond acceptors (Lipinski definition) is 20. The van der Waals surface area contributed by atoms with Crippen LogP contribution in [0.5, 0.6) is 5.75 Å². The molecular formula is C47H65N17O10. The summed E-state index contributed by atoms with van der Waals surface area (Å²) in [5, 5.41) is 27.0. The number of hydrazone groups is 1. The Hall–Kier alpha value is -8.85. The highest BCUT2D eigenvalue weighted by Crippen LogP contribution is 2.27. The summed E-state index contributed by atoms with van der Waals surface area (Å²) in [6.45, 7) is 5.87. The van der Waals surface area contributed by atoms with Crippen LogP contribution in [0, 0.1) is 0 Å². The van der Waals surface area contributed by atoms with Gasteiger partial charge in [-0.2, -0.15) is 9.97 Å². The number of nitrogens with two attached hydrogens (primary N) is 4. The number of carbonyl (C=O) groups is 8. The SMILES string of the molecule is CCC.CO.COc1cc(C(=O)NC(C=O)CCCNC(=O)c2ccc(NC(=O)C(C)NC(=O)CNC(=O)CCCCCN3C(=O)C=CC3=O)cc2/C(N)=N/NN)ccc1NCc1cnc2nc(N)nc(N)c2n1. The van der Waals surface area contributed by atoms with Gasteiger partial charge in [0.15, 0.2) is 22.8 Å². The van der Waals surface area contributed by atoms with Gasteiger partial charge in [-0.05, 0) is 69.0 Å². The molecule has 1 aliphatic rings. The van der Waals surface area contributed by atoms with E-state index >= 15 is 0 Å². The van der Waals surface area contributed by atoms with E-state index in [1.807, 2.05) is 0 Å². The number of benzene rings is 2. The molecule has 0 spiro atoms. The van der Waals surface area contributed by atoms with Crippen molar-refractivity contribution in [3.05, 3.63) is 77.1 Å². The van der Waals surface area contributed by atoms with Crippen LogP contribution in [0.4, 0.5) is 23.1 Å². The molecule has 2 aromatic carbocycles. The quantitative estimate of drug-likeness (QED) is 0.00782. The van der Waals surface area contributed by atoms with Gasteiger partial charge in [0.25, 0.3) is 23.6 Å². The number of nitrogens with zero attached hydrogens (tertiary/aromatic N) is 6. The second-order valence-electron chi connectivity index (χ2n) is 16.0. The summed E-state index contributed by atoms with van der Waals surface area (Å²) in [6.07, 6.45) is 7.94. The van der Waals surface area contributed by atoms with Gasteiger partial charge in [-0.1, -0.05) is 26.7 Å². The smallest absolute Gasteiger partial charge is 0.253 e. The zero-order valence-corrected chi connectivity index (χ0v) is 41.8. The molecule has 0 fully saturated rings. The first-order chi connectivity index (χ1) is 35.5. The van der Waals surface area contributed by atoms with E-state index in [0.717, 1.165) is 12.0 Å². The third-order valence-corrected chi connectivity index (χ3v) is 10.3. The normalized spacial score (nSPS) is 12.5. The number of nitrogen functional groups attached to an aromatic ring is 2. The van der Waals surface area contributed by atoms with E-state index in [2.05, 4.69) is 76.3 Å². The Morgan fingerprint density at radius 1 is 0.878 bits per heavy atom. The number of fused-ring (bicyclic) bond motifs is 1. The minimum atomic E-state index is -1.04. The minimum Gasteiger partial charge on any atom is -0.495 e. The van der Waals surface area contributed by atoms with E-state index in [1.54, 1.807) is 12.1 Å². The second-order valence-corrected chi connectivity index (χ2v) is 16.0. The van der Waals surface area contributed by atoms with Crippen molar-refractivity contribution < 1.29 is 48.2 Å². The number of unbranched alkanes of at least 4 members (excludes halogenated alkanes) is 2. The summed E-state index contributed by atoms with van der Waals surface area (Å²) >= 11 is 0. The largest absolute Gasteiger partial charge is 0.495 e.